The molecular formula is C17H21N3O6. The van der Waals surface area contributed by atoms with Crippen LogP contribution in [0, 0.1) is 0 Å². The smallest absolute Gasteiger partial charge is 0.328 e. The van der Waals surface area contributed by atoms with Crippen LogP contribution >= 0.6 is 0 Å². The van der Waals surface area contributed by atoms with Gasteiger partial charge < -0.3 is 15.5 Å². The van der Waals surface area contributed by atoms with E-state index in [-0.39, 0.29) is 13.0 Å². The molecule has 1 aliphatic heterocycles. The monoisotopic (exact) mass is 363 g/mol. The number of benzene rings is 1. The van der Waals surface area contributed by atoms with Gasteiger partial charge in [-0.15, -0.1) is 0 Å². The van der Waals surface area contributed by atoms with Crippen LogP contribution in [-0.2, 0) is 20.8 Å². The average Bonchev–Trinajstić information content (AvgIpc) is 3.00. The zero-order chi connectivity index (χ0) is 19.3. The van der Waals surface area contributed by atoms with Crippen molar-refractivity contribution < 1.29 is 29.4 Å². The lowest BCUT2D eigenvalue weighted by molar-refractivity contribution is -0.147. The van der Waals surface area contributed by atoms with Crippen LogP contribution < -0.4 is 10.6 Å². The first-order valence-corrected chi connectivity index (χ1v) is 8.17. The van der Waals surface area contributed by atoms with Gasteiger partial charge in [-0.2, -0.15) is 0 Å². The van der Waals surface area contributed by atoms with Crippen LogP contribution in [-0.4, -0.2) is 63.7 Å². The van der Waals surface area contributed by atoms with Crippen LogP contribution in [0.1, 0.15) is 18.9 Å². The van der Waals surface area contributed by atoms with Crippen molar-refractivity contribution in [1.29, 1.82) is 0 Å². The highest BCUT2D eigenvalue weighted by atomic mass is 16.4. The topological polar surface area (TPSA) is 136 Å². The van der Waals surface area contributed by atoms with E-state index >= 15 is 0 Å². The Morgan fingerprint density at radius 2 is 1.92 bits per heavy atom. The van der Waals surface area contributed by atoms with E-state index in [1.165, 1.54) is 6.92 Å². The maximum absolute atomic E-state index is 12.4. The van der Waals surface area contributed by atoms with Crippen LogP contribution in [0.3, 0.4) is 0 Å². The summed E-state index contributed by atoms with van der Waals surface area (Å²) in [5.41, 5.74) is 0.962. The van der Waals surface area contributed by atoms with E-state index < -0.39 is 42.0 Å². The number of carboxylic acids is 2. The van der Waals surface area contributed by atoms with Crippen molar-refractivity contribution in [3.05, 3.63) is 35.9 Å². The molecule has 0 aromatic heterocycles. The van der Waals surface area contributed by atoms with Gasteiger partial charge in [0, 0.05) is 0 Å². The highest BCUT2D eigenvalue weighted by molar-refractivity contribution is 6.02. The summed E-state index contributed by atoms with van der Waals surface area (Å²) in [6, 6.07) is 5.17. The third kappa shape index (κ3) is 4.57. The number of nitrogens with zero attached hydrogens (tertiary/aromatic N) is 1. The second-order valence-electron chi connectivity index (χ2n) is 6.05. The van der Waals surface area contributed by atoms with E-state index in [0.717, 1.165) is 5.56 Å². The molecule has 0 bridgehead atoms. The van der Waals surface area contributed by atoms with Crippen LogP contribution in [0.5, 0.6) is 0 Å². The molecule has 26 heavy (non-hydrogen) atoms. The van der Waals surface area contributed by atoms with Gasteiger partial charge in [0.1, 0.15) is 6.04 Å². The number of rotatable bonds is 8. The Labute approximate surface area is 150 Å². The molecule has 1 saturated heterocycles. The minimum Gasteiger partial charge on any atom is -0.480 e. The van der Waals surface area contributed by atoms with Gasteiger partial charge in [0.05, 0.1) is 12.6 Å². The molecule has 0 aliphatic carbocycles. The molecule has 1 aromatic rings. The zero-order valence-corrected chi connectivity index (χ0v) is 14.2. The van der Waals surface area contributed by atoms with Gasteiger partial charge >= 0.3 is 18.0 Å². The maximum Gasteiger partial charge on any atom is 0.328 e. The first-order valence-electron chi connectivity index (χ1n) is 8.17. The molecule has 3 atom stereocenters. The highest BCUT2D eigenvalue weighted by Crippen LogP contribution is 2.11. The standard InChI is InChI=1S/C17H21N3O6/c1-10(14(21)20-13(16(24)25)9-18-17(20)26)19-12(15(22)23)8-7-11-5-3-2-4-6-11/h2-6,10,12-13,19H,7-9H2,1H3,(H,18,26)(H,22,23)(H,24,25)/t10-,12+,13-/m1/s1. The van der Waals surface area contributed by atoms with Gasteiger partial charge in [-0.1, -0.05) is 30.3 Å². The minimum absolute atomic E-state index is 0.178. The molecule has 0 spiro atoms. The van der Waals surface area contributed by atoms with E-state index in [9.17, 15) is 24.3 Å². The van der Waals surface area contributed by atoms with Crippen LogP contribution in [0.2, 0.25) is 0 Å². The van der Waals surface area contributed by atoms with Gasteiger partial charge in [0.15, 0.2) is 6.04 Å². The van der Waals surface area contributed by atoms with E-state index in [1.807, 2.05) is 30.3 Å². The Balaban J connectivity index is 2.01. The fourth-order valence-corrected chi connectivity index (χ4v) is 2.77. The normalized spacial score (nSPS) is 18.9. The van der Waals surface area contributed by atoms with Crippen molar-refractivity contribution in [2.45, 2.75) is 37.9 Å². The molecule has 1 fully saturated rings. The number of carboxylic acid groups (broad SMARTS) is 2. The summed E-state index contributed by atoms with van der Waals surface area (Å²) >= 11 is 0. The zero-order valence-electron chi connectivity index (χ0n) is 14.2. The second-order valence-corrected chi connectivity index (χ2v) is 6.05. The molecule has 4 N–H and O–H groups in total. The highest BCUT2D eigenvalue weighted by Gasteiger charge is 2.42. The van der Waals surface area contributed by atoms with Gasteiger partial charge in [-0.05, 0) is 25.3 Å². The summed E-state index contributed by atoms with van der Waals surface area (Å²) in [6.45, 7) is 1.23. The van der Waals surface area contributed by atoms with Crippen molar-refractivity contribution in [2.24, 2.45) is 0 Å². The lowest BCUT2D eigenvalue weighted by atomic mass is 10.0. The lowest BCUT2D eigenvalue weighted by Gasteiger charge is -2.25. The molecule has 140 valence electrons. The molecule has 9 nitrogen and oxygen atoms in total. The van der Waals surface area contributed by atoms with Crippen molar-refractivity contribution in [2.75, 3.05) is 6.54 Å². The van der Waals surface area contributed by atoms with Gasteiger partial charge in [-0.3, -0.25) is 14.9 Å². The summed E-state index contributed by atoms with van der Waals surface area (Å²) < 4.78 is 0. The molecule has 3 amide bonds. The molecule has 0 saturated carbocycles. The van der Waals surface area contributed by atoms with Crippen LogP contribution in [0.15, 0.2) is 30.3 Å². The molecule has 0 radical (unpaired) electrons. The Morgan fingerprint density at radius 1 is 1.27 bits per heavy atom. The Kier molecular flexibility index (Phi) is 6.29. The number of amides is 3. The molecule has 1 heterocycles. The third-order valence-corrected chi connectivity index (χ3v) is 4.18. The molecule has 1 aromatic carbocycles. The lowest BCUT2D eigenvalue weighted by Crippen LogP contribution is -2.54. The predicted octanol–water partition coefficient (Wildman–Crippen LogP) is 0.0555. The SMILES string of the molecule is C[C@@H](N[C@@H](CCc1ccccc1)C(=O)O)C(=O)N1C(=O)NC[C@@H]1C(=O)O. The number of nitrogens with one attached hydrogen (secondary N) is 2. The van der Waals surface area contributed by atoms with E-state index in [1.54, 1.807) is 0 Å². The van der Waals surface area contributed by atoms with Crippen molar-refractivity contribution in [3.8, 4) is 0 Å². The molecule has 1 aliphatic rings. The van der Waals surface area contributed by atoms with Crippen molar-refractivity contribution in [3.63, 3.8) is 0 Å². The summed E-state index contributed by atoms with van der Waals surface area (Å²) in [7, 11) is 0. The number of aliphatic carboxylic acids is 2. The molecule has 2 rings (SSSR count). The van der Waals surface area contributed by atoms with Crippen LogP contribution in [0.4, 0.5) is 4.79 Å². The summed E-state index contributed by atoms with van der Waals surface area (Å²) in [5, 5.41) is 23.5. The van der Waals surface area contributed by atoms with E-state index in [2.05, 4.69) is 10.6 Å². The first-order chi connectivity index (χ1) is 12.3. The predicted molar refractivity (Wildman–Crippen MR) is 90.5 cm³/mol. The van der Waals surface area contributed by atoms with Crippen molar-refractivity contribution >= 4 is 23.9 Å². The average molecular weight is 363 g/mol. The summed E-state index contributed by atoms with van der Waals surface area (Å²) in [6.07, 6.45) is 0.735. The summed E-state index contributed by atoms with van der Waals surface area (Å²) in [5.74, 6) is -3.21. The molecule has 0 unspecified atom stereocenters. The Hall–Kier alpha value is -2.94. The quantitative estimate of drug-likeness (QED) is 0.512. The Bertz CT molecular complexity index is 693. The fraction of sp³-hybridized carbons (Fsp3) is 0.412. The molecule has 9 heteroatoms. The van der Waals surface area contributed by atoms with Gasteiger partial charge in [0.25, 0.3) is 0 Å². The van der Waals surface area contributed by atoms with E-state index in [0.29, 0.717) is 11.3 Å². The number of imide groups is 1. The Morgan fingerprint density at radius 3 is 2.50 bits per heavy atom. The number of carbonyl (C=O) groups is 4. The number of carbonyl (C=O) groups excluding carboxylic acids is 2. The summed E-state index contributed by atoms with van der Waals surface area (Å²) in [4.78, 5) is 47.5. The van der Waals surface area contributed by atoms with Crippen LogP contribution in [0.25, 0.3) is 0 Å². The number of aryl methyl sites for hydroxylation is 1. The maximum atomic E-state index is 12.4. The molecular weight excluding hydrogens is 342 g/mol. The minimum atomic E-state index is -1.30. The third-order valence-electron chi connectivity index (χ3n) is 4.18. The van der Waals surface area contributed by atoms with E-state index in [4.69, 9.17) is 5.11 Å². The fourth-order valence-electron chi connectivity index (χ4n) is 2.77. The second kappa shape index (κ2) is 8.43. The number of hydrogen-bond acceptors (Lipinski definition) is 5. The van der Waals surface area contributed by atoms with Crippen molar-refractivity contribution in [1.82, 2.24) is 15.5 Å². The van der Waals surface area contributed by atoms with Gasteiger partial charge in [-0.25, -0.2) is 14.5 Å². The first kappa shape index (κ1) is 19.4. The largest absolute Gasteiger partial charge is 0.480 e. The number of urea groups is 1. The number of hydrogen-bond donors (Lipinski definition) is 4. The van der Waals surface area contributed by atoms with Gasteiger partial charge in [0.2, 0.25) is 5.91 Å².